The van der Waals surface area contributed by atoms with Crippen molar-refractivity contribution in [2.24, 2.45) is 0 Å². The molecule has 1 fully saturated rings. The van der Waals surface area contributed by atoms with Crippen molar-refractivity contribution >= 4 is 34.2 Å². The van der Waals surface area contributed by atoms with E-state index in [1.807, 2.05) is 0 Å². The average molecular weight is 380 g/mol. The van der Waals surface area contributed by atoms with E-state index in [0.29, 0.717) is 21.5 Å². The summed E-state index contributed by atoms with van der Waals surface area (Å²) in [7, 11) is 3.12. The summed E-state index contributed by atoms with van der Waals surface area (Å²) in [5.74, 6) is 1.05. The molecule has 1 aromatic rings. The molecule has 0 saturated carbocycles. The minimum Gasteiger partial charge on any atom is -0.495 e. The Hall–Kier alpha value is -0.980. The molecule has 1 atom stereocenters. The van der Waals surface area contributed by atoms with Crippen LogP contribution in [0.5, 0.6) is 11.5 Å². The highest BCUT2D eigenvalue weighted by molar-refractivity contribution is 9.10. The number of hydrogen-bond donors (Lipinski definition) is 2. The molecule has 0 spiro atoms. The summed E-state index contributed by atoms with van der Waals surface area (Å²) >= 11 is 3.39. The first kappa shape index (κ1) is 18.1. The Morgan fingerprint density at radius 1 is 1.33 bits per heavy atom. The van der Waals surface area contributed by atoms with Crippen LogP contribution in [0.3, 0.4) is 0 Å². The zero-order valence-corrected chi connectivity index (χ0v) is 14.5. The summed E-state index contributed by atoms with van der Waals surface area (Å²) in [6, 6.07) is 3.59. The molecule has 118 valence electrons. The third-order valence-electron chi connectivity index (χ3n) is 3.34. The van der Waals surface area contributed by atoms with Crippen LogP contribution >= 0.6 is 28.3 Å². The SMILES string of the molecule is COc1cc(C(=O)N[C@H]2CCCNC2)cc(OC)c1Br.Cl. The predicted molar refractivity (Wildman–Crippen MR) is 87.9 cm³/mol. The Morgan fingerprint density at radius 2 is 1.95 bits per heavy atom. The lowest BCUT2D eigenvalue weighted by Crippen LogP contribution is -2.45. The van der Waals surface area contributed by atoms with Crippen molar-refractivity contribution in [2.75, 3.05) is 27.3 Å². The molecule has 2 N–H and O–H groups in total. The second-order valence-corrected chi connectivity index (χ2v) is 5.50. The molecule has 1 aromatic carbocycles. The van der Waals surface area contributed by atoms with Gasteiger partial charge in [0, 0.05) is 18.2 Å². The van der Waals surface area contributed by atoms with Crippen LogP contribution in [0.4, 0.5) is 0 Å². The van der Waals surface area contributed by atoms with Gasteiger partial charge in [-0.05, 0) is 47.4 Å². The molecule has 1 heterocycles. The van der Waals surface area contributed by atoms with Crippen LogP contribution in [0, 0.1) is 0 Å². The van der Waals surface area contributed by atoms with Crippen LogP contribution in [0.2, 0.25) is 0 Å². The van der Waals surface area contributed by atoms with Crippen molar-refractivity contribution in [3.05, 3.63) is 22.2 Å². The van der Waals surface area contributed by atoms with E-state index in [0.717, 1.165) is 25.9 Å². The highest BCUT2D eigenvalue weighted by atomic mass is 79.9. The monoisotopic (exact) mass is 378 g/mol. The Labute approximate surface area is 139 Å². The first-order chi connectivity index (χ1) is 9.65. The van der Waals surface area contributed by atoms with E-state index >= 15 is 0 Å². The molecule has 1 aliphatic heterocycles. The normalized spacial score (nSPS) is 17.6. The fraction of sp³-hybridized carbons (Fsp3) is 0.500. The Balaban J connectivity index is 0.00000220. The number of hydrogen-bond acceptors (Lipinski definition) is 4. The lowest BCUT2D eigenvalue weighted by molar-refractivity contribution is 0.0930. The van der Waals surface area contributed by atoms with Crippen LogP contribution in [-0.2, 0) is 0 Å². The van der Waals surface area contributed by atoms with Crippen LogP contribution < -0.4 is 20.1 Å². The van der Waals surface area contributed by atoms with Gasteiger partial charge < -0.3 is 20.1 Å². The third kappa shape index (κ3) is 4.49. The van der Waals surface area contributed by atoms with E-state index in [9.17, 15) is 4.79 Å². The van der Waals surface area contributed by atoms with Gasteiger partial charge in [-0.1, -0.05) is 0 Å². The summed E-state index contributed by atoms with van der Waals surface area (Å²) in [6.45, 7) is 1.84. The second kappa shape index (κ2) is 8.46. The standard InChI is InChI=1S/C14H19BrN2O3.ClH/c1-19-11-6-9(7-12(20-2)13(11)15)14(18)17-10-4-3-5-16-8-10;/h6-7,10,16H,3-5,8H2,1-2H3,(H,17,18);1H/t10-;/m0./s1. The maximum Gasteiger partial charge on any atom is 0.251 e. The summed E-state index contributed by atoms with van der Waals surface area (Å²) in [6.07, 6.45) is 2.08. The van der Waals surface area contributed by atoms with Crippen LogP contribution in [-0.4, -0.2) is 39.3 Å². The Kier molecular flexibility index (Phi) is 7.28. The fourth-order valence-corrected chi connectivity index (χ4v) is 2.80. The van der Waals surface area contributed by atoms with Gasteiger partial charge in [0.1, 0.15) is 16.0 Å². The van der Waals surface area contributed by atoms with Crippen LogP contribution in [0.1, 0.15) is 23.2 Å². The minimum absolute atomic E-state index is 0. The molecule has 5 nitrogen and oxygen atoms in total. The van der Waals surface area contributed by atoms with Crippen molar-refractivity contribution in [3.8, 4) is 11.5 Å². The second-order valence-electron chi connectivity index (χ2n) is 4.71. The number of ether oxygens (including phenoxy) is 2. The summed E-state index contributed by atoms with van der Waals surface area (Å²) in [5, 5.41) is 6.30. The van der Waals surface area contributed by atoms with E-state index in [-0.39, 0.29) is 24.4 Å². The van der Waals surface area contributed by atoms with Crippen molar-refractivity contribution < 1.29 is 14.3 Å². The molecular weight excluding hydrogens is 360 g/mol. The predicted octanol–water partition coefficient (Wildman–Crippen LogP) is 2.37. The topological polar surface area (TPSA) is 59.6 Å². The number of benzene rings is 1. The molecule has 0 radical (unpaired) electrons. The number of halogens is 2. The molecule has 2 rings (SSSR count). The molecule has 0 aliphatic carbocycles. The van der Waals surface area contributed by atoms with Gasteiger partial charge in [0.15, 0.2) is 0 Å². The zero-order valence-electron chi connectivity index (χ0n) is 12.1. The molecule has 0 bridgehead atoms. The van der Waals surface area contributed by atoms with Crippen LogP contribution in [0.15, 0.2) is 16.6 Å². The third-order valence-corrected chi connectivity index (χ3v) is 4.12. The van der Waals surface area contributed by atoms with Gasteiger partial charge in [-0.25, -0.2) is 0 Å². The first-order valence-electron chi connectivity index (χ1n) is 6.58. The van der Waals surface area contributed by atoms with E-state index in [1.54, 1.807) is 26.4 Å². The minimum atomic E-state index is -0.109. The highest BCUT2D eigenvalue weighted by Gasteiger charge is 2.19. The molecule has 1 aliphatic rings. The van der Waals surface area contributed by atoms with E-state index in [2.05, 4.69) is 26.6 Å². The number of nitrogens with one attached hydrogen (secondary N) is 2. The number of carbonyl (C=O) groups excluding carboxylic acids is 1. The fourth-order valence-electron chi connectivity index (χ4n) is 2.24. The quantitative estimate of drug-likeness (QED) is 0.843. The largest absolute Gasteiger partial charge is 0.495 e. The Bertz CT molecular complexity index is 468. The summed E-state index contributed by atoms with van der Waals surface area (Å²) in [4.78, 5) is 12.3. The van der Waals surface area contributed by atoms with Gasteiger partial charge in [0.05, 0.1) is 14.2 Å². The molecule has 1 saturated heterocycles. The lowest BCUT2D eigenvalue weighted by atomic mass is 10.1. The summed E-state index contributed by atoms with van der Waals surface area (Å²) < 4.78 is 11.2. The van der Waals surface area contributed by atoms with Crippen molar-refractivity contribution in [2.45, 2.75) is 18.9 Å². The van der Waals surface area contributed by atoms with Gasteiger partial charge in [-0.2, -0.15) is 0 Å². The molecule has 1 amide bonds. The average Bonchev–Trinajstić information content (AvgIpc) is 2.48. The number of methoxy groups -OCH3 is 2. The number of piperidine rings is 1. The molecule has 0 unspecified atom stereocenters. The number of amides is 1. The van der Waals surface area contributed by atoms with E-state index in [1.165, 1.54) is 0 Å². The van der Waals surface area contributed by atoms with Crippen molar-refractivity contribution in [1.82, 2.24) is 10.6 Å². The van der Waals surface area contributed by atoms with Crippen molar-refractivity contribution in [3.63, 3.8) is 0 Å². The van der Waals surface area contributed by atoms with Gasteiger partial charge >= 0.3 is 0 Å². The molecular formula is C14H20BrClN2O3. The lowest BCUT2D eigenvalue weighted by Gasteiger charge is -2.24. The summed E-state index contributed by atoms with van der Waals surface area (Å²) in [5.41, 5.74) is 0.535. The van der Waals surface area contributed by atoms with Crippen LogP contribution in [0.25, 0.3) is 0 Å². The smallest absolute Gasteiger partial charge is 0.251 e. The van der Waals surface area contributed by atoms with Gasteiger partial charge in [0.2, 0.25) is 0 Å². The van der Waals surface area contributed by atoms with Gasteiger partial charge in [-0.3, -0.25) is 4.79 Å². The maximum atomic E-state index is 12.3. The van der Waals surface area contributed by atoms with Gasteiger partial charge in [0.25, 0.3) is 5.91 Å². The van der Waals surface area contributed by atoms with E-state index in [4.69, 9.17) is 9.47 Å². The highest BCUT2D eigenvalue weighted by Crippen LogP contribution is 2.35. The molecule has 21 heavy (non-hydrogen) atoms. The molecule has 7 heteroatoms. The number of rotatable bonds is 4. The van der Waals surface area contributed by atoms with Crippen molar-refractivity contribution in [1.29, 1.82) is 0 Å². The maximum absolute atomic E-state index is 12.3. The van der Waals surface area contributed by atoms with E-state index < -0.39 is 0 Å². The molecule has 0 aromatic heterocycles. The first-order valence-corrected chi connectivity index (χ1v) is 7.38. The Morgan fingerprint density at radius 3 is 2.43 bits per heavy atom. The van der Waals surface area contributed by atoms with Gasteiger partial charge in [-0.15, -0.1) is 12.4 Å². The zero-order chi connectivity index (χ0) is 14.5. The number of carbonyl (C=O) groups is 1.